The van der Waals surface area contributed by atoms with Gasteiger partial charge in [-0.05, 0) is 58.0 Å². The molecule has 7 heteroatoms. The molecule has 0 aliphatic carbocycles. The van der Waals surface area contributed by atoms with Gasteiger partial charge in [0.1, 0.15) is 11.2 Å². The summed E-state index contributed by atoms with van der Waals surface area (Å²) >= 11 is 0. The average Bonchev–Trinajstić information content (AvgIpc) is 3.71. The summed E-state index contributed by atoms with van der Waals surface area (Å²) in [5, 5.41) is 4.49. The van der Waals surface area contributed by atoms with Crippen LogP contribution < -0.4 is 5.69 Å². The lowest BCUT2D eigenvalue weighted by molar-refractivity contribution is 0.672. The van der Waals surface area contributed by atoms with Gasteiger partial charge in [-0.15, -0.1) is 0 Å². The van der Waals surface area contributed by atoms with Crippen LogP contribution in [0, 0.1) is 0 Å². The summed E-state index contributed by atoms with van der Waals surface area (Å²) in [4.78, 5) is 27.3. The van der Waals surface area contributed by atoms with Gasteiger partial charge >= 0.3 is 5.69 Å². The van der Waals surface area contributed by atoms with E-state index >= 15 is 0 Å². The highest BCUT2D eigenvalue weighted by Crippen LogP contribution is 2.37. The van der Waals surface area contributed by atoms with E-state index in [9.17, 15) is 4.79 Å². The Morgan fingerprint density at radius 3 is 1.64 bits per heavy atom. The molecule has 0 unspecified atom stereocenters. The SMILES string of the molecule is Cn1c(=O)n(C)c2cc(-c3ccc(-c4nc(-c5ccccc5)nc(-c5ccc(-c6ccc7oc8c9ccccc9ccc8c7c6)cc5)n4)cc3)ccc21. The lowest BCUT2D eigenvalue weighted by atomic mass is 10.0. The van der Waals surface area contributed by atoms with Crippen molar-refractivity contribution in [1.82, 2.24) is 24.1 Å². The first-order valence-electron chi connectivity index (χ1n) is 17.5. The summed E-state index contributed by atoms with van der Waals surface area (Å²) in [5.41, 5.74) is 10.5. The molecule has 0 radical (unpaired) electrons. The standard InChI is InChI=1S/C46H31N5O2/c1-50-39-24-21-35(27-40(39)51(2)46(50)52)29-14-18-33(19-15-29)45-48-43(31-9-4-3-5-10-31)47-44(49-45)32-16-12-28(13-17-32)34-22-25-41-38(26-34)37-23-20-30-8-6-7-11-36(30)42(37)53-41/h3-27H,1-2H3. The summed E-state index contributed by atoms with van der Waals surface area (Å²) < 4.78 is 9.69. The first kappa shape index (κ1) is 30.7. The Morgan fingerprint density at radius 2 is 0.962 bits per heavy atom. The number of aryl methyl sites for hydroxylation is 2. The first-order valence-corrected chi connectivity index (χ1v) is 17.5. The molecule has 0 saturated carbocycles. The van der Waals surface area contributed by atoms with Crippen molar-refractivity contribution >= 4 is 43.7 Å². The largest absolute Gasteiger partial charge is 0.455 e. The molecule has 0 aliphatic rings. The molecule has 0 fully saturated rings. The quantitative estimate of drug-likeness (QED) is 0.180. The molecule has 0 saturated heterocycles. The van der Waals surface area contributed by atoms with Crippen LogP contribution in [0.25, 0.3) is 100 Å². The molecule has 0 amide bonds. The third-order valence-electron chi connectivity index (χ3n) is 10.3. The van der Waals surface area contributed by atoms with Gasteiger partial charge in [-0.3, -0.25) is 9.13 Å². The molecular weight excluding hydrogens is 655 g/mol. The molecule has 0 aliphatic heterocycles. The third-order valence-corrected chi connectivity index (χ3v) is 10.3. The van der Waals surface area contributed by atoms with E-state index in [4.69, 9.17) is 19.4 Å². The number of hydrogen-bond donors (Lipinski definition) is 0. The van der Waals surface area contributed by atoms with E-state index in [2.05, 4.69) is 97.1 Å². The molecule has 0 spiro atoms. The number of nitrogens with zero attached hydrogens (tertiary/aromatic N) is 5. The zero-order chi connectivity index (χ0) is 35.6. The van der Waals surface area contributed by atoms with Crippen molar-refractivity contribution < 1.29 is 4.42 Å². The van der Waals surface area contributed by atoms with Gasteiger partial charge in [0.2, 0.25) is 0 Å². The van der Waals surface area contributed by atoms with E-state index in [0.717, 1.165) is 77.3 Å². The number of fused-ring (bicyclic) bond motifs is 6. The van der Waals surface area contributed by atoms with Gasteiger partial charge in [-0.2, -0.15) is 0 Å². The molecule has 0 N–H and O–H groups in total. The summed E-state index contributed by atoms with van der Waals surface area (Å²) in [6.07, 6.45) is 0. The first-order chi connectivity index (χ1) is 26.0. The zero-order valence-electron chi connectivity index (χ0n) is 29.0. The highest BCUT2D eigenvalue weighted by Gasteiger charge is 2.15. The van der Waals surface area contributed by atoms with Crippen LogP contribution in [-0.2, 0) is 14.1 Å². The van der Waals surface area contributed by atoms with Crippen molar-refractivity contribution in [3.8, 4) is 56.4 Å². The lowest BCUT2D eigenvalue weighted by Gasteiger charge is -2.10. The molecule has 7 nitrogen and oxygen atoms in total. The van der Waals surface area contributed by atoms with Crippen LogP contribution >= 0.6 is 0 Å². The van der Waals surface area contributed by atoms with Gasteiger partial charge in [0.05, 0.1) is 11.0 Å². The Kier molecular flexibility index (Phi) is 6.94. The average molecular weight is 686 g/mol. The van der Waals surface area contributed by atoms with Gasteiger partial charge in [0.25, 0.3) is 0 Å². The third kappa shape index (κ3) is 5.13. The summed E-state index contributed by atoms with van der Waals surface area (Å²) in [6, 6.07) is 51.7. The number of benzene rings is 7. The molecule has 53 heavy (non-hydrogen) atoms. The minimum absolute atomic E-state index is 0.0413. The van der Waals surface area contributed by atoms with Gasteiger partial charge in [0.15, 0.2) is 17.5 Å². The maximum Gasteiger partial charge on any atom is 0.328 e. The Hall–Kier alpha value is -7.12. The molecule has 0 atom stereocenters. The Bertz CT molecular complexity index is 3080. The second kappa shape index (κ2) is 12.0. The van der Waals surface area contributed by atoms with Crippen LogP contribution in [0.2, 0.25) is 0 Å². The second-order valence-corrected chi connectivity index (χ2v) is 13.4. The van der Waals surface area contributed by atoms with Crippen molar-refractivity contribution in [1.29, 1.82) is 0 Å². The van der Waals surface area contributed by atoms with E-state index in [1.807, 2.05) is 54.6 Å². The van der Waals surface area contributed by atoms with Gasteiger partial charge < -0.3 is 4.42 Å². The fourth-order valence-corrected chi connectivity index (χ4v) is 7.34. The van der Waals surface area contributed by atoms with Crippen LogP contribution in [0.15, 0.2) is 161 Å². The van der Waals surface area contributed by atoms with Crippen LogP contribution in [0.3, 0.4) is 0 Å². The van der Waals surface area contributed by atoms with E-state index in [0.29, 0.717) is 17.5 Å². The second-order valence-electron chi connectivity index (χ2n) is 13.4. The van der Waals surface area contributed by atoms with E-state index in [1.54, 1.807) is 23.2 Å². The van der Waals surface area contributed by atoms with Crippen molar-refractivity contribution in [2.45, 2.75) is 0 Å². The van der Waals surface area contributed by atoms with Crippen molar-refractivity contribution in [3.63, 3.8) is 0 Å². The van der Waals surface area contributed by atoms with Crippen molar-refractivity contribution in [3.05, 3.63) is 162 Å². The fourth-order valence-electron chi connectivity index (χ4n) is 7.34. The van der Waals surface area contributed by atoms with E-state index in [-0.39, 0.29) is 5.69 Å². The van der Waals surface area contributed by atoms with E-state index in [1.165, 1.54) is 5.39 Å². The Balaban J connectivity index is 1.01. The molecule has 3 heterocycles. The molecule has 10 aromatic rings. The maximum atomic E-state index is 12.5. The Morgan fingerprint density at radius 1 is 0.434 bits per heavy atom. The predicted octanol–water partition coefficient (Wildman–Crippen LogP) is 10.4. The van der Waals surface area contributed by atoms with Gasteiger partial charge in [-0.1, -0.05) is 121 Å². The normalized spacial score (nSPS) is 11.7. The highest BCUT2D eigenvalue weighted by molar-refractivity contribution is 6.15. The number of aromatic nitrogens is 5. The molecular formula is C46H31N5O2. The van der Waals surface area contributed by atoms with Crippen LogP contribution in [0.5, 0.6) is 0 Å². The highest BCUT2D eigenvalue weighted by atomic mass is 16.3. The number of furan rings is 1. The minimum Gasteiger partial charge on any atom is -0.455 e. The molecule has 252 valence electrons. The fraction of sp³-hybridized carbons (Fsp3) is 0.0435. The van der Waals surface area contributed by atoms with Gasteiger partial charge in [0, 0.05) is 46.9 Å². The molecule has 7 aromatic carbocycles. The smallest absolute Gasteiger partial charge is 0.328 e. The Labute approximate surface area is 304 Å². The summed E-state index contributed by atoms with van der Waals surface area (Å²) in [5.74, 6) is 1.80. The maximum absolute atomic E-state index is 12.5. The van der Waals surface area contributed by atoms with Crippen LogP contribution in [0.4, 0.5) is 0 Å². The van der Waals surface area contributed by atoms with Crippen molar-refractivity contribution in [2.24, 2.45) is 14.1 Å². The van der Waals surface area contributed by atoms with Gasteiger partial charge in [-0.25, -0.2) is 19.7 Å². The monoisotopic (exact) mass is 685 g/mol. The summed E-state index contributed by atoms with van der Waals surface area (Å²) in [6.45, 7) is 0. The molecule has 10 rings (SSSR count). The topological polar surface area (TPSA) is 78.7 Å². The van der Waals surface area contributed by atoms with Crippen LogP contribution in [-0.4, -0.2) is 24.1 Å². The predicted molar refractivity (Wildman–Crippen MR) is 214 cm³/mol. The molecule has 3 aromatic heterocycles. The van der Waals surface area contributed by atoms with Crippen molar-refractivity contribution in [2.75, 3.05) is 0 Å². The zero-order valence-corrected chi connectivity index (χ0v) is 29.0. The lowest BCUT2D eigenvalue weighted by Crippen LogP contribution is -2.19. The number of hydrogen-bond acceptors (Lipinski definition) is 5. The minimum atomic E-state index is -0.0413. The molecule has 0 bridgehead atoms. The van der Waals surface area contributed by atoms with E-state index < -0.39 is 0 Å². The van der Waals surface area contributed by atoms with Crippen LogP contribution in [0.1, 0.15) is 0 Å². The number of imidazole rings is 1. The summed E-state index contributed by atoms with van der Waals surface area (Å²) in [7, 11) is 3.60. The number of rotatable bonds is 5.